The molecule has 0 bridgehead atoms. The van der Waals surface area contributed by atoms with Crippen molar-refractivity contribution in [1.82, 2.24) is 19.2 Å². The van der Waals surface area contributed by atoms with Gasteiger partial charge in [0.1, 0.15) is 15.8 Å². The number of aliphatic hydroxyl groups is 1. The van der Waals surface area contributed by atoms with Gasteiger partial charge in [0, 0.05) is 46.0 Å². The van der Waals surface area contributed by atoms with E-state index in [0.29, 0.717) is 59.0 Å². The zero-order chi connectivity index (χ0) is 23.5. The van der Waals surface area contributed by atoms with Crippen LogP contribution in [0.2, 0.25) is 0 Å². The third-order valence-corrected chi connectivity index (χ3v) is 7.20. The molecule has 2 aliphatic heterocycles. The summed E-state index contributed by atoms with van der Waals surface area (Å²) in [4.78, 5) is 37.6. The van der Waals surface area contributed by atoms with Crippen LogP contribution in [0.5, 0.6) is 0 Å². The van der Waals surface area contributed by atoms with Gasteiger partial charge < -0.3 is 14.7 Å². The average Bonchev–Trinajstić information content (AvgIpc) is 3.07. The topological polar surface area (TPSA) is 90.6 Å². The van der Waals surface area contributed by atoms with Crippen molar-refractivity contribution in [1.29, 1.82) is 0 Å². The molecular formula is C22H27N5O4S2. The van der Waals surface area contributed by atoms with Crippen LogP contribution in [0.4, 0.5) is 5.82 Å². The van der Waals surface area contributed by atoms with Crippen molar-refractivity contribution < 1.29 is 14.6 Å². The van der Waals surface area contributed by atoms with Crippen molar-refractivity contribution in [2.45, 2.75) is 6.92 Å². The lowest BCUT2D eigenvalue weighted by Crippen LogP contribution is -2.48. The molecule has 0 spiro atoms. The van der Waals surface area contributed by atoms with Crippen LogP contribution in [-0.2, 0) is 9.53 Å². The predicted molar refractivity (Wildman–Crippen MR) is 134 cm³/mol. The van der Waals surface area contributed by atoms with Crippen molar-refractivity contribution in [3.8, 4) is 0 Å². The number of thioether (sulfide) groups is 1. The molecule has 9 nitrogen and oxygen atoms in total. The standard InChI is InChI=1S/C22H27N5O4S2/c1-15-4-3-5-26-18(15)23-19(25-8-6-24(7-9-25)10-12-28)16(20(26)29)14-17-21(30)27(11-13-31-2)22(32)33-17/h3-5,14,28H,6-13H2,1-2H3/b17-14-. The number of β-amino-alcohol motifs (C(OH)–C–C–N with tert-alkyl or cyclic N) is 1. The SMILES string of the molecule is COCCN1C(=O)/C(=C/c2c(N3CCN(CCO)CC3)nc3c(C)cccn3c2=O)SC1=S. The fourth-order valence-corrected chi connectivity index (χ4v) is 5.29. The molecule has 11 heteroatoms. The lowest BCUT2D eigenvalue weighted by Gasteiger charge is -2.35. The number of hydrogen-bond acceptors (Lipinski definition) is 9. The fraction of sp³-hybridized carbons (Fsp3) is 0.455. The van der Waals surface area contributed by atoms with Crippen molar-refractivity contribution >= 4 is 51.7 Å². The number of aliphatic hydroxyl groups excluding tert-OH is 1. The first-order chi connectivity index (χ1) is 15.9. The van der Waals surface area contributed by atoms with E-state index in [-0.39, 0.29) is 18.1 Å². The lowest BCUT2D eigenvalue weighted by atomic mass is 10.2. The first-order valence-corrected chi connectivity index (χ1v) is 12.0. The normalized spacial score (nSPS) is 18.8. The largest absolute Gasteiger partial charge is 0.395 e. The minimum atomic E-state index is -0.227. The van der Waals surface area contributed by atoms with Gasteiger partial charge in [0.15, 0.2) is 0 Å². The number of carbonyl (C=O) groups is 1. The summed E-state index contributed by atoms with van der Waals surface area (Å²) in [5.74, 6) is 0.342. The second kappa shape index (κ2) is 10.3. The molecule has 4 heterocycles. The first-order valence-electron chi connectivity index (χ1n) is 10.8. The molecule has 1 N–H and O–H groups in total. The van der Waals surface area contributed by atoms with Crippen LogP contribution in [0.15, 0.2) is 28.0 Å². The van der Waals surface area contributed by atoms with E-state index in [4.69, 9.17) is 21.9 Å². The Morgan fingerprint density at radius 2 is 2.00 bits per heavy atom. The summed E-state index contributed by atoms with van der Waals surface area (Å²) in [6, 6.07) is 3.73. The molecule has 2 saturated heterocycles. The van der Waals surface area contributed by atoms with E-state index in [9.17, 15) is 14.7 Å². The monoisotopic (exact) mass is 489 g/mol. The van der Waals surface area contributed by atoms with Crippen LogP contribution in [0, 0.1) is 6.92 Å². The predicted octanol–water partition coefficient (Wildman–Crippen LogP) is 0.965. The number of amides is 1. The number of thiocarbonyl (C=S) groups is 1. The van der Waals surface area contributed by atoms with Crippen LogP contribution in [0.25, 0.3) is 11.7 Å². The quantitative estimate of drug-likeness (QED) is 0.451. The van der Waals surface area contributed by atoms with Crippen LogP contribution in [-0.4, -0.2) is 94.1 Å². The van der Waals surface area contributed by atoms with Gasteiger partial charge in [-0.1, -0.05) is 30.0 Å². The number of hydrogen-bond donors (Lipinski definition) is 1. The van der Waals surface area contributed by atoms with Gasteiger partial charge in [-0.15, -0.1) is 0 Å². The number of rotatable bonds is 7. The number of ether oxygens (including phenoxy) is 1. The van der Waals surface area contributed by atoms with Crippen molar-refractivity contribution in [2.75, 3.05) is 64.5 Å². The Bertz CT molecular complexity index is 1160. The van der Waals surface area contributed by atoms with E-state index >= 15 is 0 Å². The molecule has 2 aromatic rings. The van der Waals surface area contributed by atoms with Gasteiger partial charge in [-0.3, -0.25) is 23.8 Å². The molecule has 2 fully saturated rings. The molecule has 4 rings (SSSR count). The number of aromatic nitrogens is 2. The highest BCUT2D eigenvalue weighted by Crippen LogP contribution is 2.33. The molecule has 0 saturated carbocycles. The summed E-state index contributed by atoms with van der Waals surface area (Å²) in [5, 5.41) is 9.24. The molecule has 2 aromatic heterocycles. The maximum Gasteiger partial charge on any atom is 0.267 e. The van der Waals surface area contributed by atoms with Crippen LogP contribution >= 0.6 is 24.0 Å². The summed E-state index contributed by atoms with van der Waals surface area (Å²) < 4.78 is 7.06. The number of methoxy groups -OCH3 is 1. The van der Waals surface area contributed by atoms with Crippen LogP contribution in [0.3, 0.4) is 0 Å². The summed E-state index contributed by atoms with van der Waals surface area (Å²) in [6.45, 7) is 6.26. The van der Waals surface area contributed by atoms with E-state index in [1.54, 1.807) is 19.4 Å². The Labute approximate surface area is 201 Å². The van der Waals surface area contributed by atoms with Crippen LogP contribution < -0.4 is 10.5 Å². The molecule has 0 unspecified atom stereocenters. The van der Waals surface area contributed by atoms with E-state index in [1.165, 1.54) is 21.1 Å². The number of fused-ring (bicyclic) bond motifs is 1. The summed E-state index contributed by atoms with van der Waals surface area (Å²) in [5.41, 5.74) is 1.65. The van der Waals surface area contributed by atoms with Gasteiger partial charge in [0.05, 0.1) is 30.2 Å². The number of aryl methyl sites for hydroxylation is 1. The molecule has 2 aliphatic rings. The van der Waals surface area contributed by atoms with Gasteiger partial charge in [-0.2, -0.15) is 0 Å². The zero-order valence-electron chi connectivity index (χ0n) is 18.7. The molecule has 176 valence electrons. The lowest BCUT2D eigenvalue weighted by molar-refractivity contribution is -0.122. The number of carbonyl (C=O) groups excluding carboxylic acids is 1. The van der Waals surface area contributed by atoms with E-state index in [2.05, 4.69) is 9.80 Å². The zero-order valence-corrected chi connectivity index (χ0v) is 20.3. The van der Waals surface area contributed by atoms with Gasteiger partial charge in [0.25, 0.3) is 11.5 Å². The van der Waals surface area contributed by atoms with E-state index in [1.807, 2.05) is 19.1 Å². The van der Waals surface area contributed by atoms with Gasteiger partial charge in [-0.25, -0.2) is 4.98 Å². The molecule has 33 heavy (non-hydrogen) atoms. The summed E-state index contributed by atoms with van der Waals surface area (Å²) >= 11 is 6.57. The smallest absolute Gasteiger partial charge is 0.267 e. The highest BCUT2D eigenvalue weighted by Gasteiger charge is 2.33. The van der Waals surface area contributed by atoms with Crippen molar-refractivity contribution in [3.63, 3.8) is 0 Å². The van der Waals surface area contributed by atoms with Crippen molar-refractivity contribution in [2.24, 2.45) is 0 Å². The third kappa shape index (κ3) is 4.82. The second-order valence-corrected chi connectivity index (χ2v) is 9.59. The van der Waals surface area contributed by atoms with Crippen molar-refractivity contribution in [3.05, 3.63) is 44.7 Å². The number of piperazine rings is 1. The average molecular weight is 490 g/mol. The van der Waals surface area contributed by atoms with E-state index < -0.39 is 0 Å². The molecular weight excluding hydrogens is 462 g/mol. The Morgan fingerprint density at radius 1 is 1.24 bits per heavy atom. The van der Waals surface area contributed by atoms with Crippen LogP contribution in [0.1, 0.15) is 11.1 Å². The summed E-state index contributed by atoms with van der Waals surface area (Å²) in [7, 11) is 1.57. The second-order valence-electron chi connectivity index (χ2n) is 7.92. The van der Waals surface area contributed by atoms with E-state index in [0.717, 1.165) is 18.7 Å². The minimum Gasteiger partial charge on any atom is -0.395 e. The Hall–Kier alpha value is -2.31. The Kier molecular flexibility index (Phi) is 7.45. The molecule has 1 amide bonds. The first kappa shape index (κ1) is 23.8. The Morgan fingerprint density at radius 3 is 2.70 bits per heavy atom. The molecule has 0 aliphatic carbocycles. The highest BCUT2D eigenvalue weighted by atomic mass is 32.2. The van der Waals surface area contributed by atoms with Gasteiger partial charge in [0.2, 0.25) is 0 Å². The fourth-order valence-electron chi connectivity index (χ4n) is 4.00. The molecule has 0 radical (unpaired) electrons. The Balaban J connectivity index is 1.77. The maximum atomic E-state index is 13.6. The number of anilines is 1. The highest BCUT2D eigenvalue weighted by molar-refractivity contribution is 8.26. The number of pyridine rings is 1. The third-order valence-electron chi connectivity index (χ3n) is 5.82. The minimum absolute atomic E-state index is 0.116. The summed E-state index contributed by atoms with van der Waals surface area (Å²) in [6.07, 6.45) is 3.33. The maximum absolute atomic E-state index is 13.6. The molecule has 0 atom stereocenters. The molecule has 0 aromatic carbocycles. The van der Waals surface area contributed by atoms with Gasteiger partial charge >= 0.3 is 0 Å². The number of nitrogens with zero attached hydrogens (tertiary/aromatic N) is 5. The van der Waals surface area contributed by atoms with Gasteiger partial charge in [-0.05, 0) is 24.6 Å².